The fourth-order valence-corrected chi connectivity index (χ4v) is 5.89. The molecule has 2 aromatic rings. The molecule has 0 bridgehead atoms. The number of fused-ring (bicyclic) bond motifs is 1. The number of hydrogen-bond acceptors (Lipinski definition) is 4. The molecular formula is C15H19N3O3S2. The van der Waals surface area contributed by atoms with Crippen molar-refractivity contribution in [3.8, 4) is 0 Å². The number of morpholine rings is 1. The first kappa shape index (κ1) is 15.3. The SMILES string of the molecule is O=S(=O)(N1CCOCC1)N1CCn2cccc2C1c1cccs1. The number of ether oxygens (including phenoxy) is 1. The Morgan fingerprint density at radius 1 is 1.09 bits per heavy atom. The zero-order valence-corrected chi connectivity index (χ0v) is 14.3. The summed E-state index contributed by atoms with van der Waals surface area (Å²) in [5.41, 5.74) is 1.04. The van der Waals surface area contributed by atoms with E-state index in [1.54, 1.807) is 19.9 Å². The van der Waals surface area contributed by atoms with Crippen LogP contribution in [0, 0.1) is 0 Å². The quantitative estimate of drug-likeness (QED) is 0.841. The highest BCUT2D eigenvalue weighted by atomic mass is 32.2. The summed E-state index contributed by atoms with van der Waals surface area (Å²) in [7, 11) is -3.50. The molecule has 0 spiro atoms. The molecule has 0 amide bonds. The molecule has 4 rings (SSSR count). The molecule has 0 saturated carbocycles. The Bertz CT molecular complexity index is 764. The molecule has 1 saturated heterocycles. The van der Waals surface area contributed by atoms with Crippen molar-refractivity contribution in [2.75, 3.05) is 32.8 Å². The Kier molecular flexibility index (Phi) is 4.02. The zero-order chi connectivity index (χ0) is 15.9. The fraction of sp³-hybridized carbons (Fsp3) is 0.467. The van der Waals surface area contributed by atoms with Crippen LogP contribution in [0.5, 0.6) is 0 Å². The molecule has 124 valence electrons. The first-order valence-electron chi connectivity index (χ1n) is 7.71. The van der Waals surface area contributed by atoms with E-state index in [1.807, 2.05) is 35.8 Å². The maximum atomic E-state index is 13.2. The van der Waals surface area contributed by atoms with Crippen LogP contribution in [-0.4, -0.2) is 54.4 Å². The number of thiophene rings is 1. The minimum atomic E-state index is -3.50. The first-order valence-corrected chi connectivity index (χ1v) is 9.99. The largest absolute Gasteiger partial charge is 0.379 e. The van der Waals surface area contributed by atoms with Crippen LogP contribution < -0.4 is 0 Å². The second kappa shape index (κ2) is 6.03. The van der Waals surface area contributed by atoms with Gasteiger partial charge in [0.2, 0.25) is 0 Å². The molecule has 0 aromatic carbocycles. The van der Waals surface area contributed by atoms with Gasteiger partial charge in [-0.1, -0.05) is 6.07 Å². The lowest BCUT2D eigenvalue weighted by atomic mass is 10.1. The third kappa shape index (κ3) is 2.64. The van der Waals surface area contributed by atoms with Crippen molar-refractivity contribution >= 4 is 21.5 Å². The highest BCUT2D eigenvalue weighted by molar-refractivity contribution is 7.86. The average Bonchev–Trinajstić information content (AvgIpc) is 3.26. The maximum absolute atomic E-state index is 13.2. The number of rotatable bonds is 3. The van der Waals surface area contributed by atoms with Crippen molar-refractivity contribution in [2.24, 2.45) is 0 Å². The van der Waals surface area contributed by atoms with E-state index in [0.29, 0.717) is 39.4 Å². The van der Waals surface area contributed by atoms with Crippen LogP contribution in [0.1, 0.15) is 16.6 Å². The van der Waals surface area contributed by atoms with Gasteiger partial charge in [-0.25, -0.2) is 0 Å². The van der Waals surface area contributed by atoms with Crippen molar-refractivity contribution in [1.82, 2.24) is 13.2 Å². The van der Waals surface area contributed by atoms with Gasteiger partial charge in [-0.15, -0.1) is 11.3 Å². The Labute approximate surface area is 140 Å². The van der Waals surface area contributed by atoms with Crippen LogP contribution in [0.4, 0.5) is 0 Å². The summed E-state index contributed by atoms with van der Waals surface area (Å²) in [6, 6.07) is 7.75. The van der Waals surface area contributed by atoms with Gasteiger partial charge >= 0.3 is 0 Å². The molecule has 2 aliphatic rings. The zero-order valence-electron chi connectivity index (χ0n) is 12.7. The van der Waals surface area contributed by atoms with E-state index < -0.39 is 10.2 Å². The minimum absolute atomic E-state index is 0.244. The molecule has 1 fully saturated rings. The van der Waals surface area contributed by atoms with Crippen molar-refractivity contribution in [3.05, 3.63) is 46.4 Å². The molecular weight excluding hydrogens is 334 g/mol. The molecule has 2 aromatic heterocycles. The molecule has 23 heavy (non-hydrogen) atoms. The van der Waals surface area contributed by atoms with Crippen molar-refractivity contribution in [3.63, 3.8) is 0 Å². The highest BCUT2D eigenvalue weighted by Crippen LogP contribution is 2.37. The molecule has 0 N–H and O–H groups in total. The molecule has 2 aliphatic heterocycles. The topological polar surface area (TPSA) is 54.8 Å². The van der Waals surface area contributed by atoms with Crippen LogP contribution in [-0.2, 0) is 21.5 Å². The smallest absolute Gasteiger partial charge is 0.283 e. The van der Waals surface area contributed by atoms with Crippen molar-refractivity contribution in [2.45, 2.75) is 12.6 Å². The normalized spacial score (nSPS) is 23.7. The molecule has 8 heteroatoms. The number of nitrogens with zero attached hydrogens (tertiary/aromatic N) is 3. The van der Waals surface area contributed by atoms with E-state index >= 15 is 0 Å². The summed E-state index contributed by atoms with van der Waals surface area (Å²) < 4.78 is 37.0. The number of aromatic nitrogens is 1. The van der Waals surface area contributed by atoms with Crippen LogP contribution in [0.15, 0.2) is 35.8 Å². The molecule has 6 nitrogen and oxygen atoms in total. The summed E-state index contributed by atoms with van der Waals surface area (Å²) in [5.74, 6) is 0. The van der Waals surface area contributed by atoms with Crippen molar-refractivity contribution in [1.29, 1.82) is 0 Å². The van der Waals surface area contributed by atoms with Gasteiger partial charge in [-0.05, 0) is 23.6 Å². The van der Waals surface area contributed by atoms with Gasteiger partial charge in [0.25, 0.3) is 10.2 Å². The Morgan fingerprint density at radius 3 is 2.65 bits per heavy atom. The van der Waals surface area contributed by atoms with Crippen LogP contribution >= 0.6 is 11.3 Å². The van der Waals surface area contributed by atoms with Gasteiger partial charge < -0.3 is 9.30 Å². The van der Waals surface area contributed by atoms with E-state index in [1.165, 1.54) is 0 Å². The summed E-state index contributed by atoms with van der Waals surface area (Å²) in [6.45, 7) is 2.96. The van der Waals surface area contributed by atoms with Gasteiger partial charge in [0.1, 0.15) is 6.04 Å². The van der Waals surface area contributed by atoms with Gasteiger partial charge in [-0.3, -0.25) is 0 Å². The third-order valence-corrected chi connectivity index (χ3v) is 7.33. The predicted octanol–water partition coefficient (Wildman–Crippen LogP) is 1.53. The molecule has 4 heterocycles. The maximum Gasteiger partial charge on any atom is 0.283 e. The predicted molar refractivity (Wildman–Crippen MR) is 88.6 cm³/mol. The van der Waals surface area contributed by atoms with E-state index in [4.69, 9.17) is 4.74 Å². The second-order valence-electron chi connectivity index (χ2n) is 5.67. The Balaban J connectivity index is 1.75. The molecule has 1 unspecified atom stereocenters. The number of hydrogen-bond donors (Lipinski definition) is 0. The van der Waals surface area contributed by atoms with Gasteiger partial charge in [0.05, 0.1) is 13.2 Å². The monoisotopic (exact) mass is 353 g/mol. The lowest BCUT2D eigenvalue weighted by molar-refractivity contribution is 0.0690. The summed E-state index contributed by atoms with van der Waals surface area (Å²) in [6.07, 6.45) is 2.02. The van der Waals surface area contributed by atoms with Crippen LogP contribution in [0.2, 0.25) is 0 Å². The Hall–Kier alpha value is -1.19. The lowest BCUT2D eigenvalue weighted by Gasteiger charge is -2.39. The van der Waals surface area contributed by atoms with Crippen LogP contribution in [0.3, 0.4) is 0 Å². The summed E-state index contributed by atoms with van der Waals surface area (Å²) in [5, 5.41) is 2.00. The molecule has 0 radical (unpaired) electrons. The second-order valence-corrected chi connectivity index (χ2v) is 8.53. The van der Waals surface area contributed by atoms with Crippen LogP contribution in [0.25, 0.3) is 0 Å². The van der Waals surface area contributed by atoms with E-state index in [2.05, 4.69) is 4.57 Å². The van der Waals surface area contributed by atoms with Gasteiger partial charge in [0, 0.05) is 42.9 Å². The fourth-order valence-electron chi connectivity index (χ4n) is 3.27. The summed E-state index contributed by atoms with van der Waals surface area (Å²) >= 11 is 1.60. The summed E-state index contributed by atoms with van der Waals surface area (Å²) in [4.78, 5) is 1.06. The standard InChI is InChI=1S/C15H19N3O3S2/c19-23(20,17-8-10-21-11-9-17)18-7-6-16-5-1-3-13(16)15(18)14-4-2-12-22-14/h1-5,12,15H,6-11H2. The Morgan fingerprint density at radius 2 is 1.91 bits per heavy atom. The van der Waals surface area contributed by atoms with E-state index in [0.717, 1.165) is 10.6 Å². The molecule has 0 aliphatic carbocycles. The first-order chi connectivity index (χ1) is 11.2. The van der Waals surface area contributed by atoms with E-state index in [9.17, 15) is 8.42 Å². The molecule has 1 atom stereocenters. The van der Waals surface area contributed by atoms with Crippen molar-refractivity contribution < 1.29 is 13.2 Å². The van der Waals surface area contributed by atoms with Gasteiger partial charge in [-0.2, -0.15) is 17.0 Å². The van der Waals surface area contributed by atoms with E-state index in [-0.39, 0.29) is 6.04 Å². The minimum Gasteiger partial charge on any atom is -0.379 e. The van der Waals surface area contributed by atoms with Gasteiger partial charge in [0.15, 0.2) is 0 Å². The average molecular weight is 353 g/mol. The highest BCUT2D eigenvalue weighted by Gasteiger charge is 2.40. The third-order valence-electron chi connectivity index (χ3n) is 4.40. The lowest BCUT2D eigenvalue weighted by Crippen LogP contribution is -2.52.